The smallest absolute Gasteiger partial charge is 0.390 e. The van der Waals surface area contributed by atoms with E-state index < -0.39 is 33.8 Å². The Labute approximate surface area is 231 Å². The summed E-state index contributed by atoms with van der Waals surface area (Å²) in [6.07, 6.45) is 4.25. The molecular formula is C26H31F4N7O2S. The largest absolute Gasteiger partial charge is 0.471 e. The molecule has 5 rings (SSSR count). The van der Waals surface area contributed by atoms with E-state index in [1.54, 1.807) is 29.6 Å². The number of pyridine rings is 2. The quantitative estimate of drug-likeness (QED) is 0.395. The van der Waals surface area contributed by atoms with Crippen molar-refractivity contribution in [3.63, 3.8) is 0 Å². The summed E-state index contributed by atoms with van der Waals surface area (Å²) < 4.78 is 64.3. The summed E-state index contributed by atoms with van der Waals surface area (Å²) in [6, 6.07) is 3.55. The zero-order chi connectivity index (χ0) is 28.8. The molecule has 14 heteroatoms. The number of piperidine rings is 1. The Kier molecular flexibility index (Phi) is 7.59. The third-order valence-electron chi connectivity index (χ3n) is 7.35. The van der Waals surface area contributed by atoms with Crippen molar-refractivity contribution in [2.45, 2.75) is 50.4 Å². The molecule has 1 unspecified atom stereocenters. The van der Waals surface area contributed by atoms with Gasteiger partial charge in [0.05, 0.1) is 12.6 Å². The predicted molar refractivity (Wildman–Crippen MR) is 146 cm³/mol. The van der Waals surface area contributed by atoms with Gasteiger partial charge < -0.3 is 20.2 Å². The molecular weight excluding hydrogens is 550 g/mol. The number of halogens is 4. The Bertz CT molecular complexity index is 1420. The van der Waals surface area contributed by atoms with E-state index in [1.165, 1.54) is 6.92 Å². The Balaban J connectivity index is 1.36. The van der Waals surface area contributed by atoms with Crippen LogP contribution in [0.25, 0.3) is 10.8 Å². The van der Waals surface area contributed by atoms with E-state index in [4.69, 9.17) is 0 Å². The SMILES string of the molecule is CC(C)c1cnc(N2CC(CS(=O)C(F)(F)F)C2)c2cnc(Nc3ccnc(N4CC[C@@H](O)[C@@](C)(F)C4)n3)cc12. The fourth-order valence-electron chi connectivity index (χ4n) is 5.09. The molecule has 3 aromatic heterocycles. The molecule has 3 aromatic rings. The summed E-state index contributed by atoms with van der Waals surface area (Å²) in [5.74, 6) is 1.34. The Morgan fingerprint density at radius 1 is 1.15 bits per heavy atom. The number of hydrogen-bond donors (Lipinski definition) is 2. The number of aliphatic hydroxyl groups excluding tert-OH is 1. The number of aromatic nitrogens is 4. The topological polar surface area (TPSA) is 107 Å². The highest BCUT2D eigenvalue weighted by Gasteiger charge is 2.41. The van der Waals surface area contributed by atoms with Crippen molar-refractivity contribution >= 4 is 45.0 Å². The molecule has 0 saturated carbocycles. The third-order valence-corrected chi connectivity index (χ3v) is 8.65. The van der Waals surface area contributed by atoms with Gasteiger partial charge in [0, 0.05) is 55.3 Å². The van der Waals surface area contributed by atoms with Crippen LogP contribution in [0.15, 0.2) is 30.7 Å². The van der Waals surface area contributed by atoms with Gasteiger partial charge in [-0.1, -0.05) is 13.8 Å². The van der Waals surface area contributed by atoms with Crippen LogP contribution in [0.4, 0.5) is 41.0 Å². The molecule has 5 heterocycles. The second-order valence-electron chi connectivity index (χ2n) is 10.9. The lowest BCUT2D eigenvalue weighted by Gasteiger charge is -2.40. The average Bonchev–Trinajstić information content (AvgIpc) is 2.86. The molecule has 2 N–H and O–H groups in total. The first-order valence-electron chi connectivity index (χ1n) is 13.0. The molecule has 3 atom stereocenters. The second kappa shape index (κ2) is 10.7. The number of rotatable bonds is 7. The fraction of sp³-hybridized carbons (Fsp3) is 0.538. The molecule has 0 aliphatic carbocycles. The first-order chi connectivity index (χ1) is 18.8. The minimum Gasteiger partial charge on any atom is -0.390 e. The van der Waals surface area contributed by atoms with Crippen LogP contribution >= 0.6 is 0 Å². The summed E-state index contributed by atoms with van der Waals surface area (Å²) in [6.45, 7) is 6.52. The zero-order valence-electron chi connectivity index (χ0n) is 22.3. The minimum absolute atomic E-state index is 0.0250. The summed E-state index contributed by atoms with van der Waals surface area (Å²) >= 11 is 0. The molecule has 0 amide bonds. The number of nitrogens with zero attached hydrogens (tertiary/aromatic N) is 6. The van der Waals surface area contributed by atoms with E-state index in [0.717, 1.165) is 16.3 Å². The standard InChI is InChI=1S/C26H31F4N7O2S/c1-15(2)18-9-33-23(37-11-16(12-37)13-40(39)26(28,29)30)19-10-32-22(8-17(18)19)34-21-4-6-31-24(35-21)36-7-5-20(38)25(3,27)14-36/h4,6,8-10,15-16,20,38H,5,7,11-14H2,1-3H3,(H,31,32,34,35)/t20-,25+,40?/m1/s1. The molecule has 2 fully saturated rings. The average molecular weight is 582 g/mol. The molecule has 40 heavy (non-hydrogen) atoms. The van der Waals surface area contributed by atoms with E-state index in [9.17, 15) is 26.9 Å². The maximum Gasteiger partial charge on any atom is 0.471 e. The van der Waals surface area contributed by atoms with Gasteiger partial charge in [-0.3, -0.25) is 4.21 Å². The number of anilines is 4. The number of aliphatic hydroxyl groups is 1. The van der Waals surface area contributed by atoms with Crippen LogP contribution < -0.4 is 15.1 Å². The normalized spacial score (nSPS) is 23.0. The van der Waals surface area contributed by atoms with Crippen molar-refractivity contribution < 1.29 is 26.9 Å². The van der Waals surface area contributed by atoms with Gasteiger partial charge in [0.25, 0.3) is 0 Å². The highest BCUT2D eigenvalue weighted by atomic mass is 32.2. The first-order valence-corrected chi connectivity index (χ1v) is 14.3. The van der Waals surface area contributed by atoms with E-state index in [2.05, 4.69) is 25.3 Å². The lowest BCUT2D eigenvalue weighted by Crippen LogP contribution is -2.52. The van der Waals surface area contributed by atoms with Crippen molar-refractivity contribution in [2.24, 2.45) is 5.92 Å². The van der Waals surface area contributed by atoms with Gasteiger partial charge in [-0.05, 0) is 42.3 Å². The van der Waals surface area contributed by atoms with Crippen molar-refractivity contribution in [3.8, 4) is 0 Å². The Morgan fingerprint density at radius 3 is 2.58 bits per heavy atom. The second-order valence-corrected chi connectivity index (χ2v) is 12.4. The summed E-state index contributed by atoms with van der Waals surface area (Å²) in [4.78, 5) is 21.5. The highest BCUT2D eigenvalue weighted by Crippen LogP contribution is 2.36. The lowest BCUT2D eigenvalue weighted by molar-refractivity contribution is -0.0387. The van der Waals surface area contributed by atoms with Gasteiger partial charge in [0.2, 0.25) is 5.95 Å². The van der Waals surface area contributed by atoms with Gasteiger partial charge >= 0.3 is 5.51 Å². The highest BCUT2D eigenvalue weighted by molar-refractivity contribution is 7.85. The van der Waals surface area contributed by atoms with Crippen LogP contribution in [0.3, 0.4) is 0 Å². The van der Waals surface area contributed by atoms with Gasteiger partial charge in [-0.2, -0.15) is 18.2 Å². The Hall–Kier alpha value is -3.13. The molecule has 0 aromatic carbocycles. The predicted octanol–water partition coefficient (Wildman–Crippen LogP) is 4.29. The number of fused-ring (bicyclic) bond motifs is 1. The summed E-state index contributed by atoms with van der Waals surface area (Å²) in [5, 5.41) is 14.8. The van der Waals surface area contributed by atoms with Crippen molar-refractivity contribution in [3.05, 3.63) is 36.3 Å². The van der Waals surface area contributed by atoms with E-state index in [0.29, 0.717) is 43.0 Å². The van der Waals surface area contributed by atoms with Gasteiger partial charge in [-0.15, -0.1) is 0 Å². The molecule has 216 valence electrons. The van der Waals surface area contributed by atoms with Crippen LogP contribution in [0.5, 0.6) is 0 Å². The summed E-state index contributed by atoms with van der Waals surface area (Å²) in [7, 11) is -2.87. The Morgan fingerprint density at radius 2 is 1.90 bits per heavy atom. The van der Waals surface area contributed by atoms with E-state index >= 15 is 0 Å². The van der Waals surface area contributed by atoms with Crippen molar-refractivity contribution in [1.82, 2.24) is 19.9 Å². The van der Waals surface area contributed by atoms with Crippen molar-refractivity contribution in [1.29, 1.82) is 0 Å². The van der Waals surface area contributed by atoms with Gasteiger partial charge in [-0.25, -0.2) is 19.3 Å². The monoisotopic (exact) mass is 581 g/mol. The molecule has 2 saturated heterocycles. The maximum absolute atomic E-state index is 14.7. The van der Waals surface area contributed by atoms with Crippen LogP contribution in [0, 0.1) is 5.92 Å². The van der Waals surface area contributed by atoms with Gasteiger partial charge in [0.15, 0.2) is 5.67 Å². The first kappa shape index (κ1) is 28.4. The van der Waals surface area contributed by atoms with Crippen LogP contribution in [-0.4, -0.2) is 78.5 Å². The van der Waals surface area contributed by atoms with Gasteiger partial charge in [0.1, 0.15) is 28.3 Å². The number of nitrogens with one attached hydrogen (secondary N) is 1. The van der Waals surface area contributed by atoms with Crippen LogP contribution in [-0.2, 0) is 10.8 Å². The summed E-state index contributed by atoms with van der Waals surface area (Å²) in [5.41, 5.74) is -5.49. The fourth-order valence-corrected chi connectivity index (χ4v) is 5.92. The molecule has 0 radical (unpaired) electrons. The molecule has 0 bridgehead atoms. The molecule has 2 aliphatic rings. The maximum atomic E-state index is 14.7. The molecule has 9 nitrogen and oxygen atoms in total. The third kappa shape index (κ3) is 5.82. The number of hydrogen-bond acceptors (Lipinski definition) is 9. The number of alkyl halides is 4. The van der Waals surface area contributed by atoms with Crippen LogP contribution in [0.1, 0.15) is 38.7 Å². The minimum atomic E-state index is -4.70. The molecule has 0 spiro atoms. The van der Waals surface area contributed by atoms with E-state index in [-0.39, 0.29) is 24.8 Å². The zero-order valence-corrected chi connectivity index (χ0v) is 23.1. The van der Waals surface area contributed by atoms with E-state index in [1.807, 2.05) is 24.8 Å². The molecule has 2 aliphatic heterocycles. The lowest BCUT2D eigenvalue weighted by atomic mass is 9.94. The van der Waals surface area contributed by atoms with Crippen LogP contribution in [0.2, 0.25) is 0 Å². The van der Waals surface area contributed by atoms with Crippen molar-refractivity contribution in [2.75, 3.05) is 47.0 Å².